The zero-order chi connectivity index (χ0) is 9.42. The quantitative estimate of drug-likeness (QED) is 0.758. The molecule has 1 aromatic rings. The van der Waals surface area contributed by atoms with Crippen LogP contribution in [0.25, 0.3) is 0 Å². The Morgan fingerprint density at radius 3 is 2.77 bits per heavy atom. The predicted molar refractivity (Wildman–Crippen MR) is 52.3 cm³/mol. The van der Waals surface area contributed by atoms with Gasteiger partial charge in [0.2, 0.25) is 0 Å². The van der Waals surface area contributed by atoms with E-state index in [1.807, 2.05) is 19.6 Å². The van der Waals surface area contributed by atoms with Gasteiger partial charge in [-0.05, 0) is 25.3 Å². The molecule has 1 aliphatic rings. The summed E-state index contributed by atoms with van der Waals surface area (Å²) in [4.78, 5) is 4.15. The van der Waals surface area contributed by atoms with Crippen molar-refractivity contribution >= 4 is 0 Å². The molecule has 3 nitrogen and oxygen atoms in total. The zero-order valence-electron chi connectivity index (χ0n) is 8.49. The van der Waals surface area contributed by atoms with Crippen molar-refractivity contribution in [3.05, 3.63) is 18.2 Å². The molecule has 72 valence electrons. The summed E-state index contributed by atoms with van der Waals surface area (Å²) >= 11 is 0. The van der Waals surface area contributed by atoms with Gasteiger partial charge in [0, 0.05) is 13.2 Å². The molecule has 1 N–H and O–H groups in total. The van der Waals surface area contributed by atoms with Gasteiger partial charge in [-0.3, -0.25) is 0 Å². The van der Waals surface area contributed by atoms with Crippen molar-refractivity contribution in [2.24, 2.45) is 18.9 Å². The van der Waals surface area contributed by atoms with Crippen LogP contribution in [0.15, 0.2) is 12.5 Å². The standard InChI is InChI=1S/C10H17N3/c1-7-4-8(7)10(11-2)9-5-12-6-13(9)3/h5-8,10-11H,4H2,1-3H3. The molecule has 0 amide bonds. The molecule has 1 aromatic heterocycles. The topological polar surface area (TPSA) is 29.9 Å². The van der Waals surface area contributed by atoms with Crippen molar-refractivity contribution in [2.45, 2.75) is 19.4 Å². The number of rotatable bonds is 3. The van der Waals surface area contributed by atoms with Gasteiger partial charge in [-0.25, -0.2) is 4.98 Å². The minimum absolute atomic E-state index is 0.488. The summed E-state index contributed by atoms with van der Waals surface area (Å²) in [6.07, 6.45) is 5.18. The maximum Gasteiger partial charge on any atom is 0.0946 e. The SMILES string of the molecule is CNC(c1cncn1C)C1CC1C. The third-order valence-electron chi connectivity index (χ3n) is 3.08. The van der Waals surface area contributed by atoms with Crippen molar-refractivity contribution < 1.29 is 0 Å². The van der Waals surface area contributed by atoms with Crippen LogP contribution in [0.1, 0.15) is 25.1 Å². The highest BCUT2D eigenvalue weighted by atomic mass is 15.1. The first-order chi connectivity index (χ1) is 6.24. The maximum atomic E-state index is 4.15. The Morgan fingerprint density at radius 2 is 2.38 bits per heavy atom. The first-order valence-corrected chi connectivity index (χ1v) is 4.87. The molecule has 13 heavy (non-hydrogen) atoms. The highest BCUT2D eigenvalue weighted by Gasteiger charge is 2.40. The molecule has 1 saturated carbocycles. The third-order valence-corrected chi connectivity index (χ3v) is 3.08. The number of nitrogens with one attached hydrogen (secondary N) is 1. The van der Waals surface area contributed by atoms with Crippen molar-refractivity contribution in [3.63, 3.8) is 0 Å². The van der Waals surface area contributed by atoms with Crippen LogP contribution in [0, 0.1) is 11.8 Å². The largest absolute Gasteiger partial charge is 0.336 e. The monoisotopic (exact) mass is 179 g/mol. The molecule has 0 bridgehead atoms. The molecule has 3 atom stereocenters. The number of imidazole rings is 1. The molecule has 3 unspecified atom stereocenters. The van der Waals surface area contributed by atoms with Crippen LogP contribution in [0.4, 0.5) is 0 Å². The lowest BCUT2D eigenvalue weighted by atomic mass is 10.1. The second kappa shape index (κ2) is 3.14. The van der Waals surface area contributed by atoms with E-state index < -0.39 is 0 Å². The molecular weight excluding hydrogens is 162 g/mol. The second-order valence-corrected chi connectivity index (χ2v) is 4.07. The molecular formula is C10H17N3. The number of hydrogen-bond acceptors (Lipinski definition) is 2. The molecule has 1 fully saturated rings. The Morgan fingerprint density at radius 1 is 1.69 bits per heavy atom. The molecule has 2 rings (SSSR count). The molecule has 1 heterocycles. The van der Waals surface area contributed by atoms with Crippen LogP contribution in [0.5, 0.6) is 0 Å². The Hall–Kier alpha value is -0.830. The van der Waals surface area contributed by atoms with E-state index in [0.717, 1.165) is 11.8 Å². The van der Waals surface area contributed by atoms with E-state index in [0.29, 0.717) is 6.04 Å². The van der Waals surface area contributed by atoms with Crippen LogP contribution in [0.3, 0.4) is 0 Å². The number of nitrogens with zero attached hydrogens (tertiary/aromatic N) is 2. The lowest BCUT2D eigenvalue weighted by Crippen LogP contribution is -2.21. The molecule has 0 aliphatic heterocycles. The predicted octanol–water partition coefficient (Wildman–Crippen LogP) is 1.34. The van der Waals surface area contributed by atoms with E-state index in [9.17, 15) is 0 Å². The van der Waals surface area contributed by atoms with Gasteiger partial charge in [0.25, 0.3) is 0 Å². The average Bonchev–Trinajstić information content (AvgIpc) is 2.65. The van der Waals surface area contributed by atoms with E-state index in [1.165, 1.54) is 12.1 Å². The lowest BCUT2D eigenvalue weighted by molar-refractivity contribution is 0.479. The van der Waals surface area contributed by atoms with E-state index in [2.05, 4.69) is 28.8 Å². The van der Waals surface area contributed by atoms with Crippen LogP contribution in [-0.4, -0.2) is 16.6 Å². The molecule has 3 heteroatoms. The summed E-state index contributed by atoms with van der Waals surface area (Å²) in [5, 5.41) is 3.38. The fourth-order valence-electron chi connectivity index (χ4n) is 2.06. The normalized spacial score (nSPS) is 28.8. The van der Waals surface area contributed by atoms with Gasteiger partial charge in [0.1, 0.15) is 0 Å². The van der Waals surface area contributed by atoms with Crippen molar-refractivity contribution in [1.29, 1.82) is 0 Å². The smallest absolute Gasteiger partial charge is 0.0946 e. The van der Waals surface area contributed by atoms with Gasteiger partial charge in [0.05, 0.1) is 18.1 Å². The van der Waals surface area contributed by atoms with Gasteiger partial charge >= 0.3 is 0 Å². The van der Waals surface area contributed by atoms with E-state index in [1.54, 1.807) is 0 Å². The van der Waals surface area contributed by atoms with Crippen LogP contribution in [0.2, 0.25) is 0 Å². The summed E-state index contributed by atoms with van der Waals surface area (Å²) in [7, 11) is 4.09. The number of hydrogen-bond donors (Lipinski definition) is 1. The van der Waals surface area contributed by atoms with E-state index in [-0.39, 0.29) is 0 Å². The summed E-state index contributed by atoms with van der Waals surface area (Å²) in [6, 6.07) is 0.488. The molecule has 0 aromatic carbocycles. The molecule has 1 aliphatic carbocycles. The lowest BCUT2D eigenvalue weighted by Gasteiger charge is -2.16. The van der Waals surface area contributed by atoms with Gasteiger partial charge < -0.3 is 9.88 Å². The number of aromatic nitrogens is 2. The van der Waals surface area contributed by atoms with Gasteiger partial charge in [-0.2, -0.15) is 0 Å². The Labute approximate surface area is 79.2 Å². The van der Waals surface area contributed by atoms with Crippen molar-refractivity contribution in [2.75, 3.05) is 7.05 Å². The minimum Gasteiger partial charge on any atom is -0.336 e. The summed E-state index contributed by atoms with van der Waals surface area (Å²) in [5.41, 5.74) is 1.30. The zero-order valence-corrected chi connectivity index (χ0v) is 8.49. The fourth-order valence-corrected chi connectivity index (χ4v) is 2.06. The maximum absolute atomic E-state index is 4.15. The molecule has 0 spiro atoms. The highest BCUT2D eigenvalue weighted by molar-refractivity contribution is 5.10. The van der Waals surface area contributed by atoms with Crippen LogP contribution < -0.4 is 5.32 Å². The molecule has 0 radical (unpaired) electrons. The fraction of sp³-hybridized carbons (Fsp3) is 0.700. The Balaban J connectivity index is 2.17. The van der Waals surface area contributed by atoms with E-state index in [4.69, 9.17) is 0 Å². The third kappa shape index (κ3) is 1.48. The Kier molecular flexibility index (Phi) is 2.12. The van der Waals surface area contributed by atoms with E-state index >= 15 is 0 Å². The summed E-state index contributed by atoms with van der Waals surface area (Å²) in [5.74, 6) is 1.67. The number of aryl methyl sites for hydroxylation is 1. The van der Waals surface area contributed by atoms with Gasteiger partial charge in [0.15, 0.2) is 0 Å². The van der Waals surface area contributed by atoms with Crippen molar-refractivity contribution in [3.8, 4) is 0 Å². The first-order valence-electron chi connectivity index (χ1n) is 4.87. The van der Waals surface area contributed by atoms with Crippen molar-refractivity contribution in [1.82, 2.24) is 14.9 Å². The van der Waals surface area contributed by atoms with Gasteiger partial charge in [-0.1, -0.05) is 6.92 Å². The van der Waals surface area contributed by atoms with Gasteiger partial charge in [-0.15, -0.1) is 0 Å². The highest BCUT2D eigenvalue weighted by Crippen LogP contribution is 2.46. The first kappa shape index (κ1) is 8.75. The molecule has 0 saturated heterocycles. The summed E-state index contributed by atoms with van der Waals surface area (Å²) < 4.78 is 2.10. The Bertz CT molecular complexity index is 292. The van der Waals surface area contributed by atoms with Crippen LogP contribution >= 0.6 is 0 Å². The minimum atomic E-state index is 0.488. The summed E-state index contributed by atoms with van der Waals surface area (Å²) in [6.45, 7) is 2.31. The van der Waals surface area contributed by atoms with Crippen LogP contribution in [-0.2, 0) is 7.05 Å². The average molecular weight is 179 g/mol. The second-order valence-electron chi connectivity index (χ2n) is 4.07.